The molecule has 0 aliphatic heterocycles. The summed E-state index contributed by atoms with van der Waals surface area (Å²) in [5.74, 6) is 1.17. The average molecular weight is 328 g/mol. The number of likely N-dealkylation sites (N-methyl/N-ethyl adjacent to an activating group) is 1. The molecular weight excluding hydrogens is 304 g/mol. The van der Waals surface area contributed by atoms with E-state index in [2.05, 4.69) is 24.4 Å². The number of carbonyl (C=O) groups excluding carboxylic acids is 1. The van der Waals surface area contributed by atoms with Gasteiger partial charge in [-0.2, -0.15) is 0 Å². The Morgan fingerprint density at radius 3 is 2.54 bits per heavy atom. The minimum absolute atomic E-state index is 0.0994. The molecule has 5 heteroatoms. The van der Waals surface area contributed by atoms with E-state index in [-0.39, 0.29) is 12.5 Å². The topological polar surface area (TPSA) is 50.8 Å². The molecule has 2 rings (SSSR count). The highest BCUT2D eigenvalue weighted by molar-refractivity contribution is 5.93. The Morgan fingerprint density at radius 1 is 1.12 bits per heavy atom. The summed E-state index contributed by atoms with van der Waals surface area (Å²) in [6.07, 6.45) is 0. The van der Waals surface area contributed by atoms with Crippen LogP contribution in [0.1, 0.15) is 11.1 Å². The molecule has 0 saturated carbocycles. The molecule has 128 valence electrons. The Morgan fingerprint density at radius 2 is 1.88 bits per heavy atom. The molecule has 0 radical (unpaired) electrons. The normalized spacial score (nSPS) is 10.5. The van der Waals surface area contributed by atoms with Crippen molar-refractivity contribution < 1.29 is 14.3 Å². The van der Waals surface area contributed by atoms with Crippen molar-refractivity contribution in [2.45, 2.75) is 13.5 Å². The smallest absolute Gasteiger partial charge is 0.238 e. The Balaban J connectivity index is 1.99. The van der Waals surface area contributed by atoms with Gasteiger partial charge in [0.25, 0.3) is 0 Å². The van der Waals surface area contributed by atoms with Crippen LogP contribution in [0.25, 0.3) is 0 Å². The van der Waals surface area contributed by atoms with Crippen molar-refractivity contribution in [3.05, 3.63) is 53.6 Å². The lowest BCUT2D eigenvalue weighted by molar-refractivity contribution is -0.117. The maximum absolute atomic E-state index is 12.3. The summed E-state index contributed by atoms with van der Waals surface area (Å²) in [6.45, 7) is 3.08. The Labute approximate surface area is 143 Å². The second kappa shape index (κ2) is 8.36. The molecule has 0 heterocycles. The summed E-state index contributed by atoms with van der Waals surface area (Å²) in [5, 5.41) is 2.88. The van der Waals surface area contributed by atoms with Gasteiger partial charge in [0.1, 0.15) is 11.5 Å². The van der Waals surface area contributed by atoms with Crippen LogP contribution in [0.2, 0.25) is 0 Å². The van der Waals surface area contributed by atoms with Gasteiger partial charge < -0.3 is 14.8 Å². The predicted octanol–water partition coefficient (Wildman–Crippen LogP) is 3.08. The summed E-state index contributed by atoms with van der Waals surface area (Å²) in [4.78, 5) is 14.3. The van der Waals surface area contributed by atoms with Crippen LogP contribution in [0, 0.1) is 6.92 Å². The highest BCUT2D eigenvalue weighted by Gasteiger charge is 2.12. The van der Waals surface area contributed by atoms with E-state index in [1.54, 1.807) is 32.4 Å². The van der Waals surface area contributed by atoms with Crippen LogP contribution in [-0.2, 0) is 11.3 Å². The van der Waals surface area contributed by atoms with E-state index in [1.165, 1.54) is 11.1 Å². The molecular formula is C19H24N2O3. The molecule has 0 saturated heterocycles. The molecule has 0 fully saturated rings. The maximum atomic E-state index is 12.3. The largest absolute Gasteiger partial charge is 0.497 e. The number of methoxy groups -OCH3 is 2. The lowest BCUT2D eigenvalue weighted by Gasteiger charge is -2.18. The molecule has 0 spiro atoms. The average Bonchev–Trinajstić information content (AvgIpc) is 2.56. The van der Waals surface area contributed by atoms with Gasteiger partial charge in [0.15, 0.2) is 0 Å². The number of anilines is 1. The van der Waals surface area contributed by atoms with Crippen LogP contribution in [0.3, 0.4) is 0 Å². The van der Waals surface area contributed by atoms with Gasteiger partial charge in [0, 0.05) is 12.6 Å². The van der Waals surface area contributed by atoms with E-state index in [9.17, 15) is 4.79 Å². The minimum atomic E-state index is -0.0994. The first-order valence-corrected chi connectivity index (χ1v) is 7.78. The van der Waals surface area contributed by atoms with E-state index < -0.39 is 0 Å². The van der Waals surface area contributed by atoms with Crippen LogP contribution in [0.5, 0.6) is 11.5 Å². The van der Waals surface area contributed by atoms with Gasteiger partial charge in [0.05, 0.1) is 26.5 Å². The van der Waals surface area contributed by atoms with Crippen LogP contribution in [0.4, 0.5) is 5.69 Å². The number of hydrogen-bond donors (Lipinski definition) is 1. The van der Waals surface area contributed by atoms with Gasteiger partial charge in [-0.1, -0.05) is 24.3 Å². The number of hydrogen-bond acceptors (Lipinski definition) is 4. The highest BCUT2D eigenvalue weighted by Crippen LogP contribution is 2.28. The predicted molar refractivity (Wildman–Crippen MR) is 95.7 cm³/mol. The zero-order valence-electron chi connectivity index (χ0n) is 14.6. The van der Waals surface area contributed by atoms with Crippen molar-refractivity contribution in [2.75, 3.05) is 33.1 Å². The lowest BCUT2D eigenvalue weighted by Crippen LogP contribution is -2.30. The molecule has 24 heavy (non-hydrogen) atoms. The fourth-order valence-electron chi connectivity index (χ4n) is 2.48. The van der Waals surface area contributed by atoms with Crippen molar-refractivity contribution in [3.8, 4) is 11.5 Å². The Bertz CT molecular complexity index is 701. The van der Waals surface area contributed by atoms with Crippen molar-refractivity contribution in [1.82, 2.24) is 4.90 Å². The van der Waals surface area contributed by atoms with E-state index in [4.69, 9.17) is 9.47 Å². The van der Waals surface area contributed by atoms with Gasteiger partial charge in [0.2, 0.25) is 5.91 Å². The first-order valence-electron chi connectivity index (χ1n) is 7.78. The number of nitrogens with one attached hydrogen (secondary N) is 1. The number of ether oxygens (including phenoxy) is 2. The van der Waals surface area contributed by atoms with Gasteiger partial charge in [-0.05, 0) is 37.2 Å². The third-order valence-corrected chi connectivity index (χ3v) is 3.80. The quantitative estimate of drug-likeness (QED) is 0.848. The van der Waals surface area contributed by atoms with Crippen molar-refractivity contribution in [2.24, 2.45) is 0 Å². The fraction of sp³-hybridized carbons (Fsp3) is 0.316. The number of nitrogens with zero attached hydrogens (tertiary/aromatic N) is 1. The van der Waals surface area contributed by atoms with Crippen LogP contribution in [0.15, 0.2) is 42.5 Å². The molecule has 5 nitrogen and oxygen atoms in total. The molecule has 1 amide bonds. The van der Waals surface area contributed by atoms with E-state index >= 15 is 0 Å². The summed E-state index contributed by atoms with van der Waals surface area (Å²) >= 11 is 0. The Kier molecular flexibility index (Phi) is 6.21. The molecule has 0 bridgehead atoms. The second-order valence-electron chi connectivity index (χ2n) is 5.71. The summed E-state index contributed by atoms with van der Waals surface area (Å²) in [5.41, 5.74) is 3.04. The molecule has 0 aliphatic rings. The molecule has 2 aromatic carbocycles. The first kappa shape index (κ1) is 17.8. The third-order valence-electron chi connectivity index (χ3n) is 3.80. The number of aryl methyl sites for hydroxylation is 1. The minimum Gasteiger partial charge on any atom is -0.497 e. The maximum Gasteiger partial charge on any atom is 0.238 e. The van der Waals surface area contributed by atoms with E-state index in [1.807, 2.05) is 24.1 Å². The molecule has 1 N–H and O–H groups in total. The van der Waals surface area contributed by atoms with Gasteiger partial charge in [-0.15, -0.1) is 0 Å². The SMILES string of the molecule is COc1ccc(OC)c(NC(=O)CN(C)Cc2ccccc2C)c1. The lowest BCUT2D eigenvalue weighted by atomic mass is 10.1. The number of amides is 1. The van der Waals surface area contributed by atoms with E-state index in [0.29, 0.717) is 17.2 Å². The highest BCUT2D eigenvalue weighted by atomic mass is 16.5. The van der Waals surface area contributed by atoms with Crippen molar-refractivity contribution in [3.63, 3.8) is 0 Å². The third kappa shape index (κ3) is 4.73. The zero-order chi connectivity index (χ0) is 17.5. The molecule has 0 unspecified atom stereocenters. The number of rotatable bonds is 7. The second-order valence-corrected chi connectivity index (χ2v) is 5.71. The van der Waals surface area contributed by atoms with Gasteiger partial charge in [-0.3, -0.25) is 9.69 Å². The Hall–Kier alpha value is -2.53. The summed E-state index contributed by atoms with van der Waals surface area (Å²) in [7, 11) is 5.08. The summed E-state index contributed by atoms with van der Waals surface area (Å²) < 4.78 is 10.5. The molecule has 0 aliphatic carbocycles. The summed E-state index contributed by atoms with van der Waals surface area (Å²) in [6, 6.07) is 13.5. The standard InChI is InChI=1S/C19H24N2O3/c1-14-7-5-6-8-15(14)12-21(2)13-19(22)20-17-11-16(23-3)9-10-18(17)24-4/h5-11H,12-13H2,1-4H3,(H,20,22). The monoisotopic (exact) mass is 328 g/mol. The zero-order valence-corrected chi connectivity index (χ0v) is 14.6. The number of carbonyl (C=O) groups is 1. The fourth-order valence-corrected chi connectivity index (χ4v) is 2.48. The van der Waals surface area contributed by atoms with Crippen molar-refractivity contribution in [1.29, 1.82) is 0 Å². The van der Waals surface area contributed by atoms with Gasteiger partial charge in [-0.25, -0.2) is 0 Å². The van der Waals surface area contributed by atoms with Crippen molar-refractivity contribution >= 4 is 11.6 Å². The molecule has 0 aromatic heterocycles. The van der Waals surface area contributed by atoms with E-state index in [0.717, 1.165) is 6.54 Å². The number of benzene rings is 2. The van der Waals surface area contributed by atoms with Gasteiger partial charge >= 0.3 is 0 Å². The van der Waals surface area contributed by atoms with Crippen LogP contribution >= 0.6 is 0 Å². The van der Waals surface area contributed by atoms with Crippen LogP contribution in [-0.4, -0.2) is 38.6 Å². The molecule has 2 aromatic rings. The van der Waals surface area contributed by atoms with Crippen LogP contribution < -0.4 is 14.8 Å². The first-order chi connectivity index (χ1) is 11.5. The molecule has 0 atom stereocenters.